The van der Waals surface area contributed by atoms with Crippen LogP contribution in [-0.4, -0.2) is 0 Å². The lowest BCUT2D eigenvalue weighted by molar-refractivity contribution is 0.768. The summed E-state index contributed by atoms with van der Waals surface area (Å²) in [5.74, 6) is 0. The maximum absolute atomic E-state index is 3.93. The standard InChI is InChI=1S/C43H31N/c1-5-16-31(17-6-1)33-28-29-40(37(30-33)32-18-7-2-8-19-32)44-41-27-15-26-39-42(41)36-24-13-14-25-38(36)43(39,34-20-9-3-10-21-34)35-22-11-4-12-23-35/h1-30,44H. The highest BCUT2D eigenvalue weighted by Crippen LogP contribution is 2.58. The fraction of sp³-hybridized carbons (Fsp3) is 0.0233. The van der Waals surface area contributed by atoms with Gasteiger partial charge in [0.05, 0.1) is 5.41 Å². The van der Waals surface area contributed by atoms with Gasteiger partial charge in [-0.05, 0) is 62.7 Å². The number of benzene rings is 7. The zero-order valence-electron chi connectivity index (χ0n) is 24.3. The van der Waals surface area contributed by atoms with E-state index in [-0.39, 0.29) is 0 Å². The summed E-state index contributed by atoms with van der Waals surface area (Å²) < 4.78 is 0. The molecule has 0 atom stereocenters. The van der Waals surface area contributed by atoms with Gasteiger partial charge in [-0.1, -0.05) is 164 Å². The molecule has 0 saturated heterocycles. The van der Waals surface area contributed by atoms with Crippen LogP contribution in [0.3, 0.4) is 0 Å². The molecular formula is C43H31N. The average molecular weight is 562 g/mol. The van der Waals surface area contributed by atoms with Crippen LogP contribution in [0.2, 0.25) is 0 Å². The first-order valence-electron chi connectivity index (χ1n) is 15.2. The molecule has 1 aliphatic rings. The summed E-state index contributed by atoms with van der Waals surface area (Å²) in [5, 5.41) is 3.93. The summed E-state index contributed by atoms with van der Waals surface area (Å²) in [6.45, 7) is 0. The second kappa shape index (κ2) is 10.9. The summed E-state index contributed by atoms with van der Waals surface area (Å²) in [6.07, 6.45) is 0. The van der Waals surface area contributed by atoms with Gasteiger partial charge in [-0.2, -0.15) is 0 Å². The van der Waals surface area contributed by atoms with Crippen molar-refractivity contribution in [3.05, 3.63) is 204 Å². The third-order valence-corrected chi connectivity index (χ3v) is 8.96. The summed E-state index contributed by atoms with van der Waals surface area (Å²) in [7, 11) is 0. The highest BCUT2D eigenvalue weighted by atomic mass is 14.9. The Morgan fingerprint density at radius 2 is 0.886 bits per heavy atom. The summed E-state index contributed by atoms with van der Waals surface area (Å²) >= 11 is 0. The van der Waals surface area contributed by atoms with Crippen LogP contribution in [0.25, 0.3) is 33.4 Å². The second-order valence-corrected chi connectivity index (χ2v) is 11.4. The Bertz CT molecular complexity index is 2020. The van der Waals surface area contributed by atoms with E-state index in [4.69, 9.17) is 0 Å². The van der Waals surface area contributed by atoms with E-state index >= 15 is 0 Å². The first-order valence-corrected chi connectivity index (χ1v) is 15.2. The molecule has 208 valence electrons. The number of nitrogens with one attached hydrogen (secondary N) is 1. The first kappa shape index (κ1) is 26.0. The van der Waals surface area contributed by atoms with E-state index in [2.05, 4.69) is 187 Å². The monoisotopic (exact) mass is 561 g/mol. The van der Waals surface area contributed by atoms with Crippen molar-refractivity contribution in [3.63, 3.8) is 0 Å². The fourth-order valence-electron chi connectivity index (χ4n) is 7.06. The molecule has 1 heteroatoms. The lowest BCUT2D eigenvalue weighted by atomic mass is 9.68. The molecule has 0 heterocycles. The van der Waals surface area contributed by atoms with Crippen molar-refractivity contribution >= 4 is 11.4 Å². The predicted molar refractivity (Wildman–Crippen MR) is 184 cm³/mol. The number of rotatable bonds is 6. The zero-order valence-corrected chi connectivity index (χ0v) is 24.3. The Hall–Kier alpha value is -5.66. The van der Waals surface area contributed by atoms with E-state index in [0.717, 1.165) is 11.4 Å². The maximum atomic E-state index is 3.93. The molecule has 1 nitrogen and oxygen atoms in total. The Morgan fingerprint density at radius 3 is 1.55 bits per heavy atom. The largest absolute Gasteiger partial charge is 0.355 e. The molecule has 7 aromatic rings. The molecule has 1 aliphatic carbocycles. The third-order valence-electron chi connectivity index (χ3n) is 8.96. The van der Waals surface area contributed by atoms with Crippen molar-refractivity contribution < 1.29 is 0 Å². The van der Waals surface area contributed by atoms with Gasteiger partial charge < -0.3 is 5.32 Å². The van der Waals surface area contributed by atoms with Gasteiger partial charge in [-0.3, -0.25) is 0 Å². The van der Waals surface area contributed by atoms with E-state index in [1.165, 1.54) is 55.6 Å². The minimum Gasteiger partial charge on any atom is -0.355 e. The van der Waals surface area contributed by atoms with Crippen LogP contribution in [0.4, 0.5) is 11.4 Å². The lowest BCUT2D eigenvalue weighted by Crippen LogP contribution is -2.28. The summed E-state index contributed by atoms with van der Waals surface area (Å²) in [4.78, 5) is 0. The predicted octanol–water partition coefficient (Wildman–Crippen LogP) is 11.1. The smallest absolute Gasteiger partial charge is 0.0714 e. The highest BCUT2D eigenvalue weighted by Gasteiger charge is 2.46. The number of hydrogen-bond acceptors (Lipinski definition) is 1. The number of anilines is 2. The minimum atomic E-state index is -0.425. The van der Waals surface area contributed by atoms with Crippen LogP contribution >= 0.6 is 0 Å². The van der Waals surface area contributed by atoms with Crippen molar-refractivity contribution in [3.8, 4) is 33.4 Å². The molecule has 0 unspecified atom stereocenters. The molecule has 1 N–H and O–H groups in total. The molecule has 8 rings (SSSR count). The van der Waals surface area contributed by atoms with Gasteiger partial charge >= 0.3 is 0 Å². The average Bonchev–Trinajstić information content (AvgIpc) is 3.42. The van der Waals surface area contributed by atoms with Crippen molar-refractivity contribution in [2.75, 3.05) is 5.32 Å². The zero-order chi connectivity index (χ0) is 29.3. The first-order chi connectivity index (χ1) is 21.8. The van der Waals surface area contributed by atoms with Crippen molar-refractivity contribution in [1.82, 2.24) is 0 Å². The van der Waals surface area contributed by atoms with Crippen LogP contribution in [0.5, 0.6) is 0 Å². The SMILES string of the molecule is c1ccc(-c2ccc(Nc3cccc4c3-c3ccccc3C4(c3ccccc3)c3ccccc3)c(-c3ccccc3)c2)cc1. The van der Waals surface area contributed by atoms with Crippen molar-refractivity contribution in [2.24, 2.45) is 0 Å². The van der Waals surface area contributed by atoms with E-state index < -0.39 is 5.41 Å². The molecule has 0 spiro atoms. The molecule has 0 amide bonds. The second-order valence-electron chi connectivity index (χ2n) is 11.4. The van der Waals surface area contributed by atoms with Gasteiger partial charge in [-0.15, -0.1) is 0 Å². The molecule has 0 fully saturated rings. The van der Waals surface area contributed by atoms with E-state index in [0.29, 0.717) is 0 Å². The van der Waals surface area contributed by atoms with Crippen LogP contribution in [0.15, 0.2) is 182 Å². The van der Waals surface area contributed by atoms with E-state index in [1.54, 1.807) is 0 Å². The maximum Gasteiger partial charge on any atom is 0.0714 e. The van der Waals surface area contributed by atoms with Gasteiger partial charge in [0.25, 0.3) is 0 Å². The highest BCUT2D eigenvalue weighted by molar-refractivity contribution is 5.96. The normalized spacial score (nSPS) is 12.7. The van der Waals surface area contributed by atoms with E-state index in [1.807, 2.05) is 0 Å². The van der Waals surface area contributed by atoms with Crippen LogP contribution in [0.1, 0.15) is 22.3 Å². The van der Waals surface area contributed by atoms with Gasteiger partial charge in [0, 0.05) is 22.5 Å². The van der Waals surface area contributed by atoms with Gasteiger partial charge in [0.15, 0.2) is 0 Å². The molecular weight excluding hydrogens is 530 g/mol. The van der Waals surface area contributed by atoms with E-state index in [9.17, 15) is 0 Å². The Kier molecular flexibility index (Phi) is 6.43. The van der Waals surface area contributed by atoms with Gasteiger partial charge in [0.1, 0.15) is 0 Å². The third kappa shape index (κ3) is 4.17. The molecule has 0 aliphatic heterocycles. The number of hydrogen-bond donors (Lipinski definition) is 1. The lowest BCUT2D eigenvalue weighted by Gasteiger charge is -2.34. The molecule has 44 heavy (non-hydrogen) atoms. The molecule has 0 saturated carbocycles. The molecule has 0 bridgehead atoms. The quantitative estimate of drug-likeness (QED) is 0.213. The van der Waals surface area contributed by atoms with Crippen LogP contribution < -0.4 is 5.32 Å². The topological polar surface area (TPSA) is 12.0 Å². The molecule has 0 aromatic heterocycles. The van der Waals surface area contributed by atoms with Crippen molar-refractivity contribution in [2.45, 2.75) is 5.41 Å². The van der Waals surface area contributed by atoms with Crippen LogP contribution in [0, 0.1) is 0 Å². The van der Waals surface area contributed by atoms with Crippen LogP contribution in [-0.2, 0) is 5.41 Å². The van der Waals surface area contributed by atoms with Gasteiger partial charge in [-0.25, -0.2) is 0 Å². The Balaban J connectivity index is 1.35. The summed E-state index contributed by atoms with van der Waals surface area (Å²) in [6, 6.07) is 65.6. The molecule has 0 radical (unpaired) electrons. The minimum absolute atomic E-state index is 0.425. The van der Waals surface area contributed by atoms with Crippen molar-refractivity contribution in [1.29, 1.82) is 0 Å². The van der Waals surface area contributed by atoms with Gasteiger partial charge in [0.2, 0.25) is 0 Å². The number of fused-ring (bicyclic) bond motifs is 3. The Morgan fingerprint density at radius 1 is 0.341 bits per heavy atom. The Labute approximate surface area is 259 Å². The fourth-order valence-corrected chi connectivity index (χ4v) is 7.06. The summed E-state index contributed by atoms with van der Waals surface area (Å²) in [5.41, 5.74) is 14.2. The molecule has 7 aromatic carbocycles.